The molecule has 0 spiro atoms. The van der Waals surface area contributed by atoms with Gasteiger partial charge in [0, 0.05) is 4.90 Å². The van der Waals surface area contributed by atoms with Gasteiger partial charge < -0.3 is 10.0 Å². The van der Waals surface area contributed by atoms with Crippen molar-refractivity contribution in [3.63, 3.8) is 0 Å². The summed E-state index contributed by atoms with van der Waals surface area (Å²) in [5.41, 5.74) is 1.20. The number of carboxylic acid groups (broad SMARTS) is 1. The summed E-state index contributed by atoms with van der Waals surface area (Å²) in [4.78, 5) is 30.3. The largest absolute Gasteiger partial charge is 0.481 e. The number of rotatable bonds is 4. The molecule has 1 aromatic heterocycles. The lowest BCUT2D eigenvalue weighted by atomic mass is 10.1. The Morgan fingerprint density at radius 3 is 2.72 bits per heavy atom. The number of thioether (sulfide) groups is 1. The number of aliphatic carboxylic acids is 1. The van der Waals surface area contributed by atoms with Gasteiger partial charge in [0.15, 0.2) is 17.5 Å². The molecule has 1 N–H and O–H groups in total. The first-order valence-electron chi connectivity index (χ1n) is 8.48. The summed E-state index contributed by atoms with van der Waals surface area (Å²) in [6.07, 6.45) is -0.349. The molecule has 5 nitrogen and oxygen atoms in total. The molecule has 1 unspecified atom stereocenters. The molecule has 2 aromatic carbocycles. The number of fused-ring (bicyclic) bond motifs is 2. The number of carbonyl (C=O) groups excluding carboxylic acids is 1. The minimum Gasteiger partial charge on any atom is -0.481 e. The number of halogens is 3. The third-order valence-electron chi connectivity index (χ3n) is 4.44. The lowest BCUT2D eigenvalue weighted by Crippen LogP contribution is -2.41. The first-order chi connectivity index (χ1) is 13.7. The van der Waals surface area contributed by atoms with E-state index < -0.39 is 34.6 Å². The Labute approximate surface area is 171 Å². The molecule has 1 aliphatic rings. The summed E-state index contributed by atoms with van der Waals surface area (Å²) in [5.74, 6) is -5.78. The van der Waals surface area contributed by atoms with E-state index in [1.807, 2.05) is 19.1 Å². The number of aromatic nitrogens is 1. The van der Waals surface area contributed by atoms with Crippen LogP contribution in [0.3, 0.4) is 0 Å². The molecule has 0 saturated heterocycles. The Balaban J connectivity index is 1.75. The van der Waals surface area contributed by atoms with Gasteiger partial charge in [-0.25, -0.2) is 18.2 Å². The van der Waals surface area contributed by atoms with E-state index in [2.05, 4.69) is 4.98 Å². The highest BCUT2D eigenvalue weighted by Gasteiger charge is 2.35. The minimum absolute atomic E-state index is 0.0615. The van der Waals surface area contributed by atoms with Gasteiger partial charge in [-0.05, 0) is 30.7 Å². The van der Waals surface area contributed by atoms with Crippen LogP contribution in [0.1, 0.15) is 17.0 Å². The monoisotopic (exact) mass is 438 g/mol. The number of nitrogens with zero attached hydrogens (tertiary/aromatic N) is 2. The van der Waals surface area contributed by atoms with Crippen molar-refractivity contribution in [2.75, 3.05) is 4.90 Å². The molecular weight excluding hydrogens is 425 g/mol. The van der Waals surface area contributed by atoms with Crippen LogP contribution >= 0.6 is 23.1 Å². The van der Waals surface area contributed by atoms with Gasteiger partial charge in [-0.1, -0.05) is 6.07 Å². The maximum atomic E-state index is 14.0. The van der Waals surface area contributed by atoms with E-state index in [1.54, 1.807) is 6.07 Å². The SMILES string of the molecule is Cc1ccc2c(c1)N(Cc1nc3c(F)c(F)c(F)cc3s1)C(=O)C(CC(=O)O)S2. The van der Waals surface area contributed by atoms with Crippen molar-refractivity contribution in [1.82, 2.24) is 4.98 Å². The van der Waals surface area contributed by atoms with Crippen LogP contribution in [0.5, 0.6) is 0 Å². The van der Waals surface area contributed by atoms with E-state index in [0.29, 0.717) is 5.69 Å². The lowest BCUT2D eigenvalue weighted by molar-refractivity contribution is -0.138. The Kier molecular flexibility index (Phi) is 4.99. The fourth-order valence-electron chi connectivity index (χ4n) is 3.11. The molecule has 150 valence electrons. The van der Waals surface area contributed by atoms with Crippen molar-refractivity contribution in [2.24, 2.45) is 0 Å². The number of hydrogen-bond donors (Lipinski definition) is 1. The van der Waals surface area contributed by atoms with Crippen LogP contribution in [-0.4, -0.2) is 27.2 Å². The van der Waals surface area contributed by atoms with Gasteiger partial charge in [0.1, 0.15) is 10.5 Å². The number of carbonyl (C=O) groups is 2. The van der Waals surface area contributed by atoms with E-state index in [1.165, 1.54) is 16.7 Å². The van der Waals surface area contributed by atoms with Crippen LogP contribution in [0.2, 0.25) is 0 Å². The molecule has 0 fully saturated rings. The molecule has 0 saturated carbocycles. The number of carboxylic acids is 1. The number of thiazole rings is 1. The summed E-state index contributed by atoms with van der Waals surface area (Å²) in [6, 6.07) is 6.33. The second kappa shape index (κ2) is 7.34. The zero-order valence-corrected chi connectivity index (χ0v) is 16.5. The van der Waals surface area contributed by atoms with Crippen LogP contribution in [-0.2, 0) is 16.1 Å². The summed E-state index contributed by atoms with van der Waals surface area (Å²) in [7, 11) is 0. The smallest absolute Gasteiger partial charge is 0.305 e. The van der Waals surface area contributed by atoms with Crippen LogP contribution < -0.4 is 4.90 Å². The molecule has 29 heavy (non-hydrogen) atoms. The third-order valence-corrected chi connectivity index (χ3v) is 6.67. The number of aryl methyl sites for hydroxylation is 1. The van der Waals surface area contributed by atoms with Gasteiger partial charge in [0.25, 0.3) is 0 Å². The molecule has 10 heteroatoms. The lowest BCUT2D eigenvalue weighted by Gasteiger charge is -2.33. The van der Waals surface area contributed by atoms with Crippen molar-refractivity contribution in [1.29, 1.82) is 0 Å². The topological polar surface area (TPSA) is 70.5 Å². The first-order valence-corrected chi connectivity index (χ1v) is 10.2. The Morgan fingerprint density at radius 2 is 2.00 bits per heavy atom. The Morgan fingerprint density at radius 1 is 1.24 bits per heavy atom. The van der Waals surface area contributed by atoms with E-state index in [9.17, 15) is 22.8 Å². The van der Waals surface area contributed by atoms with Gasteiger partial charge in [-0.15, -0.1) is 23.1 Å². The Hall–Kier alpha value is -2.59. The minimum atomic E-state index is -1.60. The molecule has 0 bridgehead atoms. The summed E-state index contributed by atoms with van der Waals surface area (Å²) < 4.78 is 41.1. The summed E-state index contributed by atoms with van der Waals surface area (Å²) in [6.45, 7) is 1.80. The van der Waals surface area contributed by atoms with Gasteiger partial charge >= 0.3 is 5.97 Å². The van der Waals surface area contributed by atoms with Crippen LogP contribution in [0.15, 0.2) is 29.2 Å². The van der Waals surface area contributed by atoms with Crippen molar-refractivity contribution in [3.05, 3.63) is 52.3 Å². The average Bonchev–Trinajstić information content (AvgIpc) is 3.06. The second-order valence-corrected chi connectivity index (χ2v) is 8.90. The third kappa shape index (κ3) is 3.58. The molecule has 0 aliphatic carbocycles. The van der Waals surface area contributed by atoms with Crippen molar-refractivity contribution >= 4 is 50.9 Å². The number of anilines is 1. The van der Waals surface area contributed by atoms with Gasteiger partial charge in [0.2, 0.25) is 5.91 Å². The normalized spacial score (nSPS) is 16.3. The highest BCUT2D eigenvalue weighted by molar-refractivity contribution is 8.01. The van der Waals surface area contributed by atoms with Gasteiger partial charge in [-0.2, -0.15) is 0 Å². The van der Waals surface area contributed by atoms with Gasteiger partial charge in [0.05, 0.1) is 28.6 Å². The average molecular weight is 438 g/mol. The maximum Gasteiger partial charge on any atom is 0.305 e. The fourth-order valence-corrected chi connectivity index (χ4v) is 5.28. The molecule has 1 atom stereocenters. The van der Waals surface area contributed by atoms with Crippen LogP contribution in [0.4, 0.5) is 18.9 Å². The van der Waals surface area contributed by atoms with Crippen LogP contribution in [0, 0.1) is 24.4 Å². The zero-order chi connectivity index (χ0) is 20.9. The van der Waals surface area contributed by atoms with E-state index >= 15 is 0 Å². The van der Waals surface area contributed by atoms with Crippen LogP contribution in [0.25, 0.3) is 10.2 Å². The molecule has 4 rings (SSSR count). The number of benzene rings is 2. The maximum absolute atomic E-state index is 14.0. The van der Waals surface area contributed by atoms with Gasteiger partial charge in [-0.3, -0.25) is 9.59 Å². The molecule has 3 aromatic rings. The van der Waals surface area contributed by atoms with Crippen molar-refractivity contribution < 1.29 is 27.9 Å². The van der Waals surface area contributed by atoms with Crippen molar-refractivity contribution in [3.8, 4) is 0 Å². The predicted octanol–water partition coefficient (Wildman–Crippen LogP) is 4.50. The summed E-state index contributed by atoms with van der Waals surface area (Å²) >= 11 is 2.13. The fraction of sp³-hybridized carbons (Fsp3) is 0.211. The summed E-state index contributed by atoms with van der Waals surface area (Å²) in [5, 5.41) is 8.59. The molecular formula is C19H13F3N2O3S2. The van der Waals surface area contributed by atoms with E-state index in [4.69, 9.17) is 5.11 Å². The van der Waals surface area contributed by atoms with Crippen molar-refractivity contribution in [2.45, 2.75) is 30.0 Å². The Bertz CT molecular complexity index is 1170. The zero-order valence-electron chi connectivity index (χ0n) is 14.9. The quantitative estimate of drug-likeness (QED) is 0.608. The number of hydrogen-bond acceptors (Lipinski definition) is 5. The highest BCUT2D eigenvalue weighted by Crippen LogP contribution is 2.42. The van der Waals surface area contributed by atoms with E-state index in [0.717, 1.165) is 27.9 Å². The number of amides is 1. The molecule has 1 amide bonds. The first kappa shape index (κ1) is 19.7. The van der Waals surface area contributed by atoms with E-state index in [-0.39, 0.29) is 28.2 Å². The molecule has 0 radical (unpaired) electrons. The highest BCUT2D eigenvalue weighted by atomic mass is 32.2. The second-order valence-electron chi connectivity index (χ2n) is 6.54. The molecule has 2 heterocycles. The predicted molar refractivity (Wildman–Crippen MR) is 104 cm³/mol. The standard InChI is InChI=1S/C19H13F3N2O3S2/c1-8-2-3-11-10(4-8)24(19(27)13(28-11)6-15(25)26)7-14-23-18-12(29-14)5-9(20)16(21)17(18)22/h2-5,13H,6-7H2,1H3,(H,25,26). The molecule has 1 aliphatic heterocycles.